The molecule has 3 N–H and O–H groups in total. The summed E-state index contributed by atoms with van der Waals surface area (Å²) in [6.45, 7) is 2.08. The SMILES string of the molecule is Cc1cccc(Nc2nnc(-c3ccc(C(c4c[nH]c5ccccc45)c4c[nH]c5ccccc45)cc3)s2)c1. The molecule has 0 spiro atoms. The molecular formula is C32H25N5S. The first-order valence-electron chi connectivity index (χ1n) is 12.6. The van der Waals surface area contributed by atoms with Crippen LogP contribution >= 0.6 is 11.3 Å². The minimum Gasteiger partial charge on any atom is -0.361 e. The van der Waals surface area contributed by atoms with E-state index in [-0.39, 0.29) is 5.92 Å². The molecule has 0 unspecified atom stereocenters. The van der Waals surface area contributed by atoms with Crippen molar-refractivity contribution in [2.24, 2.45) is 0 Å². The van der Waals surface area contributed by atoms with Gasteiger partial charge in [-0.15, -0.1) is 10.2 Å². The molecule has 0 fully saturated rings. The number of aromatic amines is 2. The highest BCUT2D eigenvalue weighted by Crippen LogP contribution is 2.40. The Morgan fingerprint density at radius 2 is 1.37 bits per heavy atom. The third-order valence-electron chi connectivity index (χ3n) is 7.05. The van der Waals surface area contributed by atoms with E-state index in [0.717, 1.165) is 32.4 Å². The van der Waals surface area contributed by atoms with Crippen molar-refractivity contribution in [1.82, 2.24) is 20.2 Å². The third-order valence-corrected chi connectivity index (χ3v) is 7.94. The fraction of sp³-hybridized carbons (Fsp3) is 0.0625. The molecule has 3 heterocycles. The highest BCUT2D eigenvalue weighted by molar-refractivity contribution is 7.18. The predicted molar refractivity (Wildman–Crippen MR) is 157 cm³/mol. The normalized spacial score (nSPS) is 11.5. The Labute approximate surface area is 224 Å². The smallest absolute Gasteiger partial charge is 0.210 e. The van der Waals surface area contributed by atoms with Crippen LogP contribution in [0.4, 0.5) is 10.8 Å². The molecule has 3 aromatic heterocycles. The van der Waals surface area contributed by atoms with Gasteiger partial charge in [0, 0.05) is 51.4 Å². The first kappa shape index (κ1) is 22.5. The largest absolute Gasteiger partial charge is 0.361 e. The van der Waals surface area contributed by atoms with Crippen molar-refractivity contribution in [3.05, 3.63) is 132 Å². The molecular weight excluding hydrogens is 486 g/mol. The minimum atomic E-state index is 0.0734. The lowest BCUT2D eigenvalue weighted by molar-refractivity contribution is 0.998. The van der Waals surface area contributed by atoms with E-state index in [9.17, 15) is 0 Å². The molecule has 0 saturated heterocycles. The number of rotatable bonds is 6. The summed E-state index contributed by atoms with van der Waals surface area (Å²) in [6, 6.07) is 34.0. The lowest BCUT2D eigenvalue weighted by Crippen LogP contribution is -2.02. The molecule has 6 heteroatoms. The van der Waals surface area contributed by atoms with E-state index in [2.05, 4.69) is 130 Å². The second-order valence-electron chi connectivity index (χ2n) is 9.54. The van der Waals surface area contributed by atoms with Crippen molar-refractivity contribution < 1.29 is 0 Å². The number of hydrogen-bond donors (Lipinski definition) is 3. The van der Waals surface area contributed by atoms with Gasteiger partial charge in [-0.1, -0.05) is 84.1 Å². The van der Waals surface area contributed by atoms with E-state index in [1.54, 1.807) is 11.3 Å². The van der Waals surface area contributed by atoms with Gasteiger partial charge in [0.2, 0.25) is 5.13 Å². The summed E-state index contributed by atoms with van der Waals surface area (Å²) in [6.07, 6.45) is 4.30. The van der Waals surface area contributed by atoms with Crippen molar-refractivity contribution in [2.75, 3.05) is 5.32 Å². The van der Waals surface area contributed by atoms with Gasteiger partial charge in [-0.3, -0.25) is 0 Å². The van der Waals surface area contributed by atoms with Crippen LogP contribution in [0.15, 0.2) is 109 Å². The Hall–Kier alpha value is -4.68. The summed E-state index contributed by atoms with van der Waals surface area (Å²) in [4.78, 5) is 6.96. The van der Waals surface area contributed by atoms with Gasteiger partial charge in [-0.25, -0.2) is 0 Å². The molecule has 4 aromatic carbocycles. The fourth-order valence-electron chi connectivity index (χ4n) is 5.25. The van der Waals surface area contributed by atoms with E-state index >= 15 is 0 Å². The third kappa shape index (κ3) is 4.05. The lowest BCUT2D eigenvalue weighted by atomic mass is 9.84. The standard InChI is InChI=1S/C32H25N5S/c1-20-7-6-8-23(17-20)35-32-37-36-31(38-32)22-15-13-21(14-16-22)30(26-18-33-28-11-4-2-9-24(26)28)27-19-34-29-12-5-3-10-25(27)29/h2-19,30,33-34H,1H3,(H,35,37). The van der Waals surface area contributed by atoms with Gasteiger partial charge in [0.05, 0.1) is 0 Å². The number of benzene rings is 4. The van der Waals surface area contributed by atoms with E-state index in [1.807, 2.05) is 12.1 Å². The molecule has 0 saturated carbocycles. The molecule has 0 radical (unpaired) electrons. The Morgan fingerprint density at radius 1 is 0.711 bits per heavy atom. The topological polar surface area (TPSA) is 69.4 Å². The molecule has 7 aromatic rings. The fourth-order valence-corrected chi connectivity index (χ4v) is 6.02. The van der Waals surface area contributed by atoms with Crippen LogP contribution in [0.1, 0.15) is 28.2 Å². The van der Waals surface area contributed by atoms with Crippen molar-refractivity contribution in [3.8, 4) is 10.6 Å². The summed E-state index contributed by atoms with van der Waals surface area (Å²) in [5.41, 5.74) is 9.32. The molecule has 0 aliphatic rings. The number of hydrogen-bond acceptors (Lipinski definition) is 4. The van der Waals surface area contributed by atoms with Crippen LogP contribution in [-0.4, -0.2) is 20.2 Å². The Balaban J connectivity index is 1.26. The molecule has 184 valence electrons. The first-order chi connectivity index (χ1) is 18.7. The number of para-hydroxylation sites is 2. The van der Waals surface area contributed by atoms with Gasteiger partial charge in [-0.2, -0.15) is 0 Å². The first-order valence-corrected chi connectivity index (χ1v) is 13.4. The molecule has 5 nitrogen and oxygen atoms in total. The lowest BCUT2D eigenvalue weighted by Gasteiger charge is -2.18. The number of aryl methyl sites for hydroxylation is 1. The van der Waals surface area contributed by atoms with Gasteiger partial charge >= 0.3 is 0 Å². The number of fused-ring (bicyclic) bond motifs is 2. The van der Waals surface area contributed by atoms with Crippen LogP contribution in [-0.2, 0) is 0 Å². The van der Waals surface area contributed by atoms with Gasteiger partial charge in [0.1, 0.15) is 5.01 Å². The van der Waals surface area contributed by atoms with E-state index in [1.165, 1.54) is 33.0 Å². The quantitative estimate of drug-likeness (QED) is 0.210. The number of nitrogens with zero attached hydrogens (tertiary/aromatic N) is 2. The zero-order chi connectivity index (χ0) is 25.5. The Kier molecular flexibility index (Phi) is 5.52. The predicted octanol–water partition coefficient (Wildman–Crippen LogP) is 8.40. The van der Waals surface area contributed by atoms with E-state index < -0.39 is 0 Å². The van der Waals surface area contributed by atoms with Crippen molar-refractivity contribution in [1.29, 1.82) is 0 Å². The maximum Gasteiger partial charge on any atom is 0.210 e. The highest BCUT2D eigenvalue weighted by atomic mass is 32.1. The second-order valence-corrected chi connectivity index (χ2v) is 10.5. The molecule has 7 rings (SSSR count). The molecule has 0 aliphatic heterocycles. The molecule has 0 amide bonds. The van der Waals surface area contributed by atoms with Crippen LogP contribution in [0.2, 0.25) is 0 Å². The van der Waals surface area contributed by atoms with Crippen molar-refractivity contribution in [2.45, 2.75) is 12.8 Å². The Morgan fingerprint density at radius 3 is 2.03 bits per heavy atom. The zero-order valence-electron chi connectivity index (χ0n) is 20.8. The summed E-state index contributed by atoms with van der Waals surface area (Å²) in [7, 11) is 0. The molecule has 38 heavy (non-hydrogen) atoms. The minimum absolute atomic E-state index is 0.0734. The van der Waals surface area contributed by atoms with Gasteiger partial charge in [-0.05, 0) is 53.4 Å². The average molecular weight is 512 g/mol. The Bertz CT molecular complexity index is 1800. The molecule has 0 atom stereocenters. The van der Waals surface area contributed by atoms with Gasteiger partial charge < -0.3 is 15.3 Å². The van der Waals surface area contributed by atoms with Crippen LogP contribution in [0.3, 0.4) is 0 Å². The number of nitrogens with one attached hydrogen (secondary N) is 3. The second kappa shape index (κ2) is 9.32. The van der Waals surface area contributed by atoms with Crippen molar-refractivity contribution >= 4 is 44.0 Å². The van der Waals surface area contributed by atoms with Gasteiger partial charge in [0.25, 0.3) is 0 Å². The molecule has 0 bridgehead atoms. The van der Waals surface area contributed by atoms with E-state index in [4.69, 9.17) is 0 Å². The number of anilines is 2. The van der Waals surface area contributed by atoms with Crippen LogP contribution in [0, 0.1) is 6.92 Å². The summed E-state index contributed by atoms with van der Waals surface area (Å²) >= 11 is 1.56. The zero-order valence-corrected chi connectivity index (χ0v) is 21.6. The summed E-state index contributed by atoms with van der Waals surface area (Å²) < 4.78 is 0. The monoisotopic (exact) mass is 511 g/mol. The van der Waals surface area contributed by atoms with Crippen LogP contribution in [0.5, 0.6) is 0 Å². The maximum atomic E-state index is 4.46. The molecule has 0 aliphatic carbocycles. The average Bonchev–Trinajstić information content (AvgIpc) is 3.69. The van der Waals surface area contributed by atoms with Crippen LogP contribution < -0.4 is 5.32 Å². The maximum absolute atomic E-state index is 4.46. The number of aromatic nitrogens is 4. The van der Waals surface area contributed by atoms with Crippen molar-refractivity contribution in [3.63, 3.8) is 0 Å². The van der Waals surface area contributed by atoms with E-state index in [0.29, 0.717) is 0 Å². The summed E-state index contributed by atoms with van der Waals surface area (Å²) in [5, 5.41) is 16.4. The van der Waals surface area contributed by atoms with Gasteiger partial charge in [0.15, 0.2) is 0 Å². The van der Waals surface area contributed by atoms with Crippen LogP contribution in [0.25, 0.3) is 32.4 Å². The number of H-pyrrole nitrogens is 2. The summed E-state index contributed by atoms with van der Waals surface area (Å²) in [5.74, 6) is 0.0734. The highest BCUT2D eigenvalue weighted by Gasteiger charge is 2.23.